The number of thiazole rings is 1. The molecule has 0 unspecified atom stereocenters. The topological polar surface area (TPSA) is 46.4 Å². The molecule has 1 aromatic heterocycles. The fourth-order valence-electron chi connectivity index (χ4n) is 1.49. The lowest BCUT2D eigenvalue weighted by Crippen LogP contribution is -2.22. The van der Waals surface area contributed by atoms with Gasteiger partial charge in [-0.25, -0.2) is 5.43 Å². The van der Waals surface area contributed by atoms with E-state index in [1.807, 2.05) is 47.2 Å². The van der Waals surface area contributed by atoms with Crippen molar-refractivity contribution >= 4 is 34.2 Å². The van der Waals surface area contributed by atoms with Gasteiger partial charge in [0.2, 0.25) is 10.7 Å². The Morgan fingerprint density at radius 1 is 1.33 bits per heavy atom. The summed E-state index contributed by atoms with van der Waals surface area (Å²) in [6.45, 7) is 3.45. The first-order valence-electron chi connectivity index (χ1n) is 5.21. The molecule has 0 aliphatic rings. The smallest absolute Gasteiger partial charge is 0.237 e. The van der Waals surface area contributed by atoms with Gasteiger partial charge < -0.3 is 0 Å². The molecule has 0 radical (unpaired) electrons. The van der Waals surface area contributed by atoms with Crippen LogP contribution in [0.15, 0.2) is 40.8 Å². The Morgan fingerprint density at radius 3 is 2.61 bits per heavy atom. The molecule has 0 saturated heterocycles. The maximum absolute atomic E-state index is 10.9. The number of carbonyl (C=O) groups is 1. The van der Waals surface area contributed by atoms with Gasteiger partial charge in [-0.1, -0.05) is 18.2 Å². The standard InChI is InChI=1S/C12H13N3OS.BrH/c1-9-8-17-12(14-13-10(2)16)15(9)11-6-4-3-5-7-11;/h3-8H,1-2H3,(H,13,16);1H/b14-12+;. The summed E-state index contributed by atoms with van der Waals surface area (Å²) in [5, 5.41) is 6.09. The normalized spacial score (nSPS) is 10.9. The Labute approximate surface area is 120 Å². The highest BCUT2D eigenvalue weighted by Crippen LogP contribution is 2.09. The predicted molar refractivity (Wildman–Crippen MR) is 78.1 cm³/mol. The molecule has 0 aliphatic carbocycles. The molecular weight excluding hydrogens is 314 g/mol. The van der Waals surface area contributed by atoms with Crippen LogP contribution in [0.5, 0.6) is 0 Å². The molecule has 18 heavy (non-hydrogen) atoms. The lowest BCUT2D eigenvalue weighted by Gasteiger charge is -2.04. The average Bonchev–Trinajstić information content (AvgIpc) is 2.69. The summed E-state index contributed by atoms with van der Waals surface area (Å²) < 4.78 is 2.00. The van der Waals surface area contributed by atoms with Crippen molar-refractivity contribution in [3.8, 4) is 5.69 Å². The minimum absolute atomic E-state index is 0. The van der Waals surface area contributed by atoms with E-state index in [4.69, 9.17) is 0 Å². The highest BCUT2D eigenvalue weighted by atomic mass is 79.9. The lowest BCUT2D eigenvalue weighted by atomic mass is 10.3. The van der Waals surface area contributed by atoms with Gasteiger partial charge in [0.05, 0.1) is 0 Å². The molecule has 1 aromatic carbocycles. The SMILES string of the molecule is Br.CC(=O)N/N=c1/scc(C)n1-c1ccccc1. The number of benzene rings is 1. The Morgan fingerprint density at radius 2 is 2.00 bits per heavy atom. The van der Waals surface area contributed by atoms with Gasteiger partial charge in [0.15, 0.2) is 0 Å². The van der Waals surface area contributed by atoms with Crippen molar-refractivity contribution in [1.29, 1.82) is 0 Å². The molecule has 0 saturated carbocycles. The molecule has 6 heteroatoms. The molecule has 2 rings (SSSR count). The van der Waals surface area contributed by atoms with Crippen molar-refractivity contribution < 1.29 is 4.79 Å². The van der Waals surface area contributed by atoms with Crippen molar-refractivity contribution in [2.45, 2.75) is 13.8 Å². The van der Waals surface area contributed by atoms with Crippen molar-refractivity contribution in [3.63, 3.8) is 0 Å². The zero-order chi connectivity index (χ0) is 12.3. The number of hydrogen-bond donors (Lipinski definition) is 1. The number of halogens is 1. The van der Waals surface area contributed by atoms with Crippen LogP contribution in [-0.2, 0) is 4.79 Å². The van der Waals surface area contributed by atoms with Gasteiger partial charge >= 0.3 is 0 Å². The van der Waals surface area contributed by atoms with Gasteiger partial charge in [0, 0.05) is 23.7 Å². The van der Waals surface area contributed by atoms with E-state index < -0.39 is 0 Å². The number of hydrogen-bond acceptors (Lipinski definition) is 3. The third-order valence-corrected chi connectivity index (χ3v) is 3.15. The fraction of sp³-hybridized carbons (Fsp3) is 0.167. The summed E-state index contributed by atoms with van der Waals surface area (Å²) in [5.41, 5.74) is 4.59. The molecule has 1 heterocycles. The summed E-state index contributed by atoms with van der Waals surface area (Å²) in [4.78, 5) is 11.6. The van der Waals surface area contributed by atoms with Crippen LogP contribution in [0.25, 0.3) is 5.69 Å². The monoisotopic (exact) mass is 327 g/mol. The van der Waals surface area contributed by atoms with Crippen molar-refractivity contribution in [1.82, 2.24) is 9.99 Å². The second kappa shape index (κ2) is 6.51. The average molecular weight is 328 g/mol. The number of nitrogens with zero attached hydrogens (tertiary/aromatic N) is 2. The van der Waals surface area contributed by atoms with Crippen LogP contribution in [0.3, 0.4) is 0 Å². The summed E-state index contributed by atoms with van der Waals surface area (Å²) in [6.07, 6.45) is 0. The Balaban J connectivity index is 0.00000162. The molecular formula is C12H14BrN3OS. The Bertz CT molecular complexity index is 589. The molecule has 1 N–H and O–H groups in total. The van der Waals surface area contributed by atoms with Crippen LogP contribution in [0.2, 0.25) is 0 Å². The summed E-state index contributed by atoms with van der Waals surface area (Å²) in [6, 6.07) is 9.93. The van der Waals surface area contributed by atoms with E-state index in [0.29, 0.717) is 0 Å². The minimum Gasteiger partial charge on any atom is -0.288 e. The second-order valence-electron chi connectivity index (χ2n) is 3.61. The summed E-state index contributed by atoms with van der Waals surface area (Å²) in [7, 11) is 0. The fourth-order valence-corrected chi connectivity index (χ4v) is 2.32. The summed E-state index contributed by atoms with van der Waals surface area (Å²) in [5.74, 6) is -0.171. The van der Waals surface area contributed by atoms with Crippen LogP contribution in [0.4, 0.5) is 0 Å². The maximum Gasteiger partial charge on any atom is 0.237 e. The predicted octanol–water partition coefficient (Wildman–Crippen LogP) is 2.38. The number of aryl methyl sites for hydroxylation is 1. The van der Waals surface area contributed by atoms with Gasteiger partial charge in [-0.2, -0.15) is 0 Å². The minimum atomic E-state index is -0.171. The quantitative estimate of drug-likeness (QED) is 0.846. The first kappa shape index (κ1) is 14.7. The molecule has 0 aliphatic heterocycles. The van der Waals surface area contributed by atoms with Crippen LogP contribution >= 0.6 is 28.3 Å². The Hall–Kier alpha value is -1.40. The lowest BCUT2D eigenvalue weighted by molar-refractivity contribution is -0.119. The van der Waals surface area contributed by atoms with Crippen LogP contribution in [0, 0.1) is 6.92 Å². The van der Waals surface area contributed by atoms with E-state index in [9.17, 15) is 4.79 Å². The van der Waals surface area contributed by atoms with E-state index in [-0.39, 0.29) is 22.9 Å². The molecule has 1 amide bonds. The van der Waals surface area contributed by atoms with Gasteiger partial charge in [0.1, 0.15) is 0 Å². The Kier molecular flexibility index (Phi) is 5.30. The van der Waals surface area contributed by atoms with Gasteiger partial charge in [0.25, 0.3) is 0 Å². The van der Waals surface area contributed by atoms with Crippen molar-refractivity contribution in [2.24, 2.45) is 5.10 Å². The van der Waals surface area contributed by atoms with E-state index in [1.165, 1.54) is 18.3 Å². The number of nitrogens with one attached hydrogen (secondary N) is 1. The van der Waals surface area contributed by atoms with E-state index in [0.717, 1.165) is 16.2 Å². The van der Waals surface area contributed by atoms with E-state index in [1.54, 1.807) is 0 Å². The van der Waals surface area contributed by atoms with Gasteiger partial charge in [-0.05, 0) is 19.1 Å². The molecule has 2 aromatic rings. The van der Waals surface area contributed by atoms with Crippen molar-refractivity contribution in [2.75, 3.05) is 0 Å². The highest BCUT2D eigenvalue weighted by molar-refractivity contribution is 8.93. The molecule has 0 spiro atoms. The van der Waals surface area contributed by atoms with E-state index >= 15 is 0 Å². The molecule has 0 atom stereocenters. The molecule has 0 bridgehead atoms. The number of rotatable bonds is 2. The van der Waals surface area contributed by atoms with E-state index in [2.05, 4.69) is 10.5 Å². The second-order valence-corrected chi connectivity index (χ2v) is 4.45. The molecule has 96 valence electrons. The first-order chi connectivity index (χ1) is 8.18. The number of carbonyl (C=O) groups excluding carboxylic acids is 1. The largest absolute Gasteiger partial charge is 0.288 e. The number of amides is 1. The number of para-hydroxylation sites is 1. The first-order valence-corrected chi connectivity index (χ1v) is 6.09. The molecule has 4 nitrogen and oxygen atoms in total. The van der Waals surface area contributed by atoms with Crippen LogP contribution < -0.4 is 10.2 Å². The van der Waals surface area contributed by atoms with Gasteiger partial charge in [-0.3, -0.25) is 9.36 Å². The third-order valence-electron chi connectivity index (χ3n) is 2.20. The third kappa shape index (κ3) is 3.30. The highest BCUT2D eigenvalue weighted by Gasteiger charge is 2.03. The van der Waals surface area contributed by atoms with Crippen LogP contribution in [0.1, 0.15) is 12.6 Å². The van der Waals surface area contributed by atoms with Crippen molar-refractivity contribution in [3.05, 3.63) is 46.2 Å². The zero-order valence-electron chi connectivity index (χ0n) is 10.1. The van der Waals surface area contributed by atoms with Crippen LogP contribution in [-0.4, -0.2) is 10.5 Å². The number of aromatic nitrogens is 1. The molecule has 0 fully saturated rings. The zero-order valence-corrected chi connectivity index (χ0v) is 12.6. The summed E-state index contributed by atoms with van der Waals surface area (Å²) >= 11 is 1.49. The van der Waals surface area contributed by atoms with Gasteiger partial charge in [-0.15, -0.1) is 33.4 Å². The maximum atomic E-state index is 10.9.